The molecule has 0 aliphatic heterocycles. The van der Waals surface area contributed by atoms with E-state index in [4.69, 9.17) is 11.5 Å². The van der Waals surface area contributed by atoms with Gasteiger partial charge in [0.1, 0.15) is 6.04 Å². The highest BCUT2D eigenvalue weighted by Crippen LogP contribution is 2.24. The summed E-state index contributed by atoms with van der Waals surface area (Å²) in [6.45, 7) is 3.38. The number of nitrogens with two attached hydrogens (primary N) is 2. The van der Waals surface area contributed by atoms with Crippen LogP contribution in [0.2, 0.25) is 0 Å². The van der Waals surface area contributed by atoms with Crippen molar-refractivity contribution in [1.29, 1.82) is 0 Å². The van der Waals surface area contributed by atoms with Gasteiger partial charge in [-0.15, -0.1) is 11.3 Å². The lowest BCUT2D eigenvalue weighted by Gasteiger charge is -2.22. The minimum Gasteiger partial charge on any atom is -0.370 e. The van der Waals surface area contributed by atoms with Gasteiger partial charge >= 0.3 is 0 Å². The van der Waals surface area contributed by atoms with Crippen molar-refractivity contribution in [3.8, 4) is 0 Å². The molecule has 9 nitrogen and oxygen atoms in total. The maximum absolute atomic E-state index is 13.5. The number of Topliss-reactive ketones (excluding diaryl/α,β-unsaturated/α-hetero) is 1. The molecule has 10 heteroatoms. The van der Waals surface area contributed by atoms with Crippen LogP contribution in [0.1, 0.15) is 48.5 Å². The number of guanidine groups is 1. The van der Waals surface area contributed by atoms with E-state index < -0.39 is 18.0 Å². The Morgan fingerprint density at radius 2 is 1.74 bits per heavy atom. The Morgan fingerprint density at radius 3 is 2.37 bits per heavy atom. The van der Waals surface area contributed by atoms with E-state index >= 15 is 0 Å². The van der Waals surface area contributed by atoms with Crippen LogP contribution in [0, 0.1) is 0 Å². The molecule has 3 rings (SSSR count). The van der Waals surface area contributed by atoms with Crippen LogP contribution in [0.4, 0.5) is 5.69 Å². The molecule has 6 N–H and O–H groups in total. The first-order chi connectivity index (χ1) is 16.8. The number of ketones is 1. The monoisotopic (exact) mass is 494 g/mol. The summed E-state index contributed by atoms with van der Waals surface area (Å²) >= 11 is 1.29. The number of unbranched alkanes of at least 4 members (excludes halogenated alkanes) is 1. The highest BCUT2D eigenvalue weighted by atomic mass is 32.1. The summed E-state index contributed by atoms with van der Waals surface area (Å²) in [5.74, 6) is -1.04. The van der Waals surface area contributed by atoms with Crippen molar-refractivity contribution in [3.05, 3.63) is 59.1 Å². The molecule has 0 aliphatic rings. The molecule has 35 heavy (non-hydrogen) atoms. The van der Waals surface area contributed by atoms with Gasteiger partial charge in [0.25, 0.3) is 0 Å². The van der Waals surface area contributed by atoms with Gasteiger partial charge in [0.15, 0.2) is 11.0 Å². The molecule has 0 aliphatic carbocycles. The number of thiazole rings is 1. The summed E-state index contributed by atoms with van der Waals surface area (Å²) in [6.07, 6.45) is 2.36. The average molecular weight is 495 g/mol. The largest absolute Gasteiger partial charge is 0.370 e. The Bertz CT molecular complexity index is 1180. The van der Waals surface area contributed by atoms with E-state index in [-0.39, 0.29) is 24.1 Å². The van der Waals surface area contributed by atoms with Crippen LogP contribution in [-0.4, -0.2) is 40.6 Å². The van der Waals surface area contributed by atoms with Crippen molar-refractivity contribution in [3.63, 3.8) is 0 Å². The highest BCUT2D eigenvalue weighted by molar-refractivity contribution is 7.20. The fraction of sp³-hybridized carbons (Fsp3) is 0.320. The quantitative estimate of drug-likeness (QED) is 0.183. The summed E-state index contributed by atoms with van der Waals surface area (Å²) < 4.78 is 0.890. The fourth-order valence-corrected chi connectivity index (χ4v) is 4.58. The van der Waals surface area contributed by atoms with Crippen LogP contribution in [0.15, 0.2) is 53.5 Å². The van der Waals surface area contributed by atoms with Gasteiger partial charge in [-0.3, -0.25) is 14.4 Å². The first-order valence-corrected chi connectivity index (χ1v) is 12.2. The second-order valence-electron chi connectivity index (χ2n) is 8.21. The predicted molar refractivity (Wildman–Crippen MR) is 139 cm³/mol. The van der Waals surface area contributed by atoms with Crippen molar-refractivity contribution < 1.29 is 14.4 Å². The normalized spacial score (nSPS) is 12.5. The number of rotatable bonds is 11. The lowest BCUT2D eigenvalue weighted by molar-refractivity contribution is -0.128. The van der Waals surface area contributed by atoms with Gasteiger partial charge in [-0.2, -0.15) is 0 Å². The van der Waals surface area contributed by atoms with Gasteiger partial charge in [0.05, 0.1) is 21.9 Å². The molecule has 1 heterocycles. The molecule has 2 amide bonds. The summed E-state index contributed by atoms with van der Waals surface area (Å²) in [4.78, 5) is 46.8. The average Bonchev–Trinajstić information content (AvgIpc) is 3.25. The Kier molecular flexibility index (Phi) is 8.91. The minimum atomic E-state index is -0.866. The number of amides is 2. The number of nitrogens with one attached hydrogen (secondary N) is 2. The van der Waals surface area contributed by atoms with Crippen LogP contribution < -0.4 is 22.1 Å². The van der Waals surface area contributed by atoms with Gasteiger partial charge in [0.2, 0.25) is 17.6 Å². The first-order valence-electron chi connectivity index (χ1n) is 11.4. The zero-order valence-electron chi connectivity index (χ0n) is 19.8. The molecule has 0 saturated heterocycles. The highest BCUT2D eigenvalue weighted by Gasteiger charge is 2.28. The minimum absolute atomic E-state index is 0.0509. The fourth-order valence-electron chi connectivity index (χ4n) is 3.62. The van der Waals surface area contributed by atoms with Crippen molar-refractivity contribution in [1.82, 2.24) is 15.6 Å². The van der Waals surface area contributed by atoms with Gasteiger partial charge in [-0.1, -0.05) is 44.0 Å². The second kappa shape index (κ2) is 12.1. The van der Waals surface area contributed by atoms with E-state index in [0.29, 0.717) is 17.1 Å². The number of fused-ring (bicyclic) bond motifs is 1. The van der Waals surface area contributed by atoms with Crippen LogP contribution in [0.25, 0.3) is 10.2 Å². The summed E-state index contributed by atoms with van der Waals surface area (Å²) in [5.41, 5.74) is 13.0. The number of carbonyl (C=O) groups is 3. The predicted octanol–water partition coefficient (Wildman–Crippen LogP) is 2.81. The third-order valence-corrected chi connectivity index (χ3v) is 6.36. The van der Waals surface area contributed by atoms with Crippen LogP contribution >= 0.6 is 11.3 Å². The molecule has 1 unspecified atom stereocenters. The Labute approximate surface area is 208 Å². The molecular formula is C25H30N6O3S. The van der Waals surface area contributed by atoms with E-state index in [9.17, 15) is 14.4 Å². The zero-order chi connectivity index (χ0) is 25.4. The summed E-state index contributed by atoms with van der Waals surface area (Å²) in [5, 5.41) is 5.88. The van der Waals surface area contributed by atoms with E-state index in [1.54, 1.807) is 24.3 Å². The Morgan fingerprint density at radius 1 is 1.03 bits per heavy atom. The van der Waals surface area contributed by atoms with Crippen LogP contribution in [0.3, 0.4) is 0 Å². The molecule has 1 aromatic heterocycles. The SMILES string of the molecule is CCCC[C@H](NC(C)=O)C(=O)NC(Cc1ccc(N=C(N)N)cc1)C(=O)c1nc2ccccc2s1. The number of hydrogen-bond donors (Lipinski definition) is 4. The number of carbonyl (C=O) groups excluding carboxylic acids is 3. The van der Waals surface area contributed by atoms with Crippen molar-refractivity contribution in [2.24, 2.45) is 16.5 Å². The molecular weight excluding hydrogens is 464 g/mol. The topological polar surface area (TPSA) is 153 Å². The Balaban J connectivity index is 1.87. The number of hydrogen-bond acceptors (Lipinski definition) is 6. The molecule has 0 radical (unpaired) electrons. The van der Waals surface area contributed by atoms with Crippen molar-refractivity contribution in [2.75, 3.05) is 0 Å². The molecule has 2 atom stereocenters. The lowest BCUT2D eigenvalue weighted by atomic mass is 10.0. The number of aromatic nitrogens is 1. The standard InChI is InChI=1S/C25H30N6O3S/c1-3-4-7-19(28-15(2)32)23(34)30-20(14-16-10-12-17(13-11-16)29-25(26)27)22(33)24-31-18-8-5-6-9-21(18)35-24/h5-6,8-13,19-20H,3-4,7,14H2,1-2H3,(H,28,32)(H,30,34)(H4,26,27,29)/t19-,20?/m0/s1. The van der Waals surface area contributed by atoms with E-state index in [1.807, 2.05) is 31.2 Å². The van der Waals surface area contributed by atoms with Crippen molar-refractivity contribution >= 4 is 50.8 Å². The number of benzene rings is 2. The van der Waals surface area contributed by atoms with Gasteiger partial charge in [-0.25, -0.2) is 9.98 Å². The van der Waals surface area contributed by atoms with Crippen molar-refractivity contribution in [2.45, 2.75) is 51.6 Å². The smallest absolute Gasteiger partial charge is 0.243 e. The maximum atomic E-state index is 13.5. The van der Waals surface area contributed by atoms with Crippen LogP contribution in [0.5, 0.6) is 0 Å². The van der Waals surface area contributed by atoms with Gasteiger partial charge in [0, 0.05) is 13.3 Å². The molecule has 184 valence electrons. The Hall–Kier alpha value is -3.79. The summed E-state index contributed by atoms with van der Waals surface area (Å²) in [7, 11) is 0. The third-order valence-electron chi connectivity index (χ3n) is 5.31. The molecule has 2 aromatic carbocycles. The number of para-hydroxylation sites is 1. The van der Waals surface area contributed by atoms with Gasteiger partial charge in [-0.05, 0) is 36.2 Å². The first kappa shape index (κ1) is 25.8. The summed E-state index contributed by atoms with van der Waals surface area (Å²) in [6, 6.07) is 13.0. The van der Waals surface area contributed by atoms with E-state index in [0.717, 1.165) is 28.6 Å². The third kappa shape index (κ3) is 7.35. The molecule has 3 aromatic rings. The molecule has 0 fully saturated rings. The van der Waals surface area contributed by atoms with Gasteiger partial charge < -0.3 is 22.1 Å². The molecule has 0 bridgehead atoms. The van der Waals surface area contributed by atoms with E-state index in [1.165, 1.54) is 18.3 Å². The van der Waals surface area contributed by atoms with E-state index in [2.05, 4.69) is 20.6 Å². The second-order valence-corrected chi connectivity index (χ2v) is 9.25. The molecule has 0 saturated carbocycles. The molecule has 0 spiro atoms. The lowest BCUT2D eigenvalue weighted by Crippen LogP contribution is -2.51. The number of aliphatic imine (C=N–C) groups is 1. The zero-order valence-corrected chi connectivity index (χ0v) is 20.6. The number of nitrogens with zero attached hydrogens (tertiary/aromatic N) is 2. The maximum Gasteiger partial charge on any atom is 0.243 e. The van der Waals surface area contributed by atoms with Crippen LogP contribution in [-0.2, 0) is 16.0 Å².